The number of hydrogen-bond donors (Lipinski definition) is 4. The highest BCUT2D eigenvalue weighted by atomic mass is 35.5. The fourth-order valence-corrected chi connectivity index (χ4v) is 3.71. The maximum atomic E-state index is 10.1. The number of methoxy groups -OCH3 is 3. The Labute approximate surface area is 229 Å². The number of thiocarbonyl (C=S) groups is 1. The third-order valence-electron chi connectivity index (χ3n) is 5.29. The molecule has 0 saturated carbocycles. The average Bonchev–Trinajstić information content (AvgIpc) is 2.90. The zero-order valence-corrected chi connectivity index (χ0v) is 22.8. The van der Waals surface area contributed by atoms with Crippen molar-refractivity contribution in [3.05, 3.63) is 72.3 Å². The lowest BCUT2D eigenvalue weighted by molar-refractivity contribution is 0.106. The molecule has 37 heavy (non-hydrogen) atoms. The standard InChI is InChI=1S/C27H33N3O5S.ClH/c1-32-24-15-21(16-25(33-2)26(24)34-3)30-27(36)29-20-11-9-19(10-12-20)13-14-28-17-22(31)18-35-23-7-5-4-6-8-23;/h4-12,15-16,22,28,31H,13-14,17-18H2,1-3H3,(H2,29,30,36);1H/t22-;/m0./s1. The highest BCUT2D eigenvalue weighted by Gasteiger charge is 2.14. The summed E-state index contributed by atoms with van der Waals surface area (Å²) in [4.78, 5) is 0. The minimum atomic E-state index is -0.573. The summed E-state index contributed by atoms with van der Waals surface area (Å²) < 4.78 is 21.7. The van der Waals surface area contributed by atoms with Crippen molar-refractivity contribution < 1.29 is 24.1 Å². The summed E-state index contributed by atoms with van der Waals surface area (Å²) in [6, 6.07) is 21.1. The van der Waals surface area contributed by atoms with Crippen LogP contribution in [0.4, 0.5) is 11.4 Å². The number of aliphatic hydroxyl groups is 1. The van der Waals surface area contributed by atoms with Crippen molar-refractivity contribution in [3.8, 4) is 23.0 Å². The van der Waals surface area contributed by atoms with E-state index < -0.39 is 6.10 Å². The van der Waals surface area contributed by atoms with Gasteiger partial charge in [-0.15, -0.1) is 12.4 Å². The van der Waals surface area contributed by atoms with E-state index in [1.165, 1.54) is 5.56 Å². The normalized spacial score (nSPS) is 11.0. The van der Waals surface area contributed by atoms with E-state index in [1.54, 1.807) is 33.5 Å². The Morgan fingerprint density at radius 3 is 2.08 bits per heavy atom. The fraction of sp³-hybridized carbons (Fsp3) is 0.296. The molecule has 10 heteroatoms. The van der Waals surface area contributed by atoms with Crippen LogP contribution in [0.3, 0.4) is 0 Å². The number of halogens is 1. The van der Waals surface area contributed by atoms with Crippen LogP contribution < -0.4 is 34.9 Å². The molecule has 0 saturated heterocycles. The monoisotopic (exact) mass is 547 g/mol. The second-order valence-corrected chi connectivity index (χ2v) is 8.33. The molecule has 3 aromatic rings. The van der Waals surface area contributed by atoms with Crippen molar-refractivity contribution in [2.24, 2.45) is 0 Å². The van der Waals surface area contributed by atoms with E-state index in [-0.39, 0.29) is 19.0 Å². The summed E-state index contributed by atoms with van der Waals surface area (Å²) in [5.41, 5.74) is 2.75. The summed E-state index contributed by atoms with van der Waals surface area (Å²) in [5.74, 6) is 2.35. The van der Waals surface area contributed by atoms with Gasteiger partial charge >= 0.3 is 0 Å². The lowest BCUT2D eigenvalue weighted by Crippen LogP contribution is -2.32. The molecule has 8 nitrogen and oxygen atoms in total. The summed E-state index contributed by atoms with van der Waals surface area (Å²) in [7, 11) is 4.69. The molecule has 0 spiro atoms. The maximum absolute atomic E-state index is 10.1. The van der Waals surface area contributed by atoms with Gasteiger partial charge in [0.25, 0.3) is 0 Å². The van der Waals surface area contributed by atoms with Gasteiger partial charge in [-0.2, -0.15) is 0 Å². The van der Waals surface area contributed by atoms with Gasteiger partial charge in [-0.25, -0.2) is 0 Å². The minimum Gasteiger partial charge on any atom is -0.493 e. The minimum absolute atomic E-state index is 0. The Bertz CT molecular complexity index is 1080. The van der Waals surface area contributed by atoms with Crippen LogP contribution in [0.5, 0.6) is 23.0 Å². The van der Waals surface area contributed by atoms with E-state index in [0.29, 0.717) is 34.6 Å². The van der Waals surface area contributed by atoms with Crippen LogP contribution in [0.15, 0.2) is 66.7 Å². The van der Waals surface area contributed by atoms with Crippen molar-refractivity contribution in [1.82, 2.24) is 5.32 Å². The first kappa shape index (κ1) is 30.0. The van der Waals surface area contributed by atoms with Gasteiger partial charge in [-0.05, 0) is 55.0 Å². The molecule has 0 fully saturated rings. The molecule has 0 aliphatic heterocycles. The van der Waals surface area contributed by atoms with Gasteiger partial charge in [-0.3, -0.25) is 0 Å². The van der Waals surface area contributed by atoms with E-state index in [2.05, 4.69) is 16.0 Å². The molecule has 3 aromatic carbocycles. The number of anilines is 2. The van der Waals surface area contributed by atoms with E-state index >= 15 is 0 Å². The Morgan fingerprint density at radius 1 is 0.865 bits per heavy atom. The molecule has 4 N–H and O–H groups in total. The highest BCUT2D eigenvalue weighted by molar-refractivity contribution is 7.80. The van der Waals surface area contributed by atoms with E-state index in [1.807, 2.05) is 54.6 Å². The molecule has 1 atom stereocenters. The Balaban J connectivity index is 0.00000481. The van der Waals surface area contributed by atoms with Crippen molar-refractivity contribution in [3.63, 3.8) is 0 Å². The second kappa shape index (κ2) is 15.8. The topological polar surface area (TPSA) is 93.2 Å². The van der Waals surface area contributed by atoms with E-state index in [4.69, 9.17) is 31.2 Å². The largest absolute Gasteiger partial charge is 0.493 e. The van der Waals surface area contributed by atoms with Crippen molar-refractivity contribution in [2.75, 3.05) is 51.7 Å². The predicted octanol–water partition coefficient (Wildman–Crippen LogP) is 4.52. The number of benzene rings is 3. The summed E-state index contributed by atoms with van der Waals surface area (Å²) >= 11 is 5.45. The second-order valence-electron chi connectivity index (χ2n) is 7.92. The highest BCUT2D eigenvalue weighted by Crippen LogP contribution is 2.39. The molecule has 0 aromatic heterocycles. The van der Waals surface area contributed by atoms with Gasteiger partial charge in [0, 0.05) is 30.1 Å². The smallest absolute Gasteiger partial charge is 0.203 e. The zero-order valence-electron chi connectivity index (χ0n) is 21.2. The van der Waals surface area contributed by atoms with Gasteiger partial charge in [0.1, 0.15) is 18.5 Å². The molecule has 0 aliphatic rings. The van der Waals surface area contributed by atoms with Gasteiger partial charge in [-0.1, -0.05) is 30.3 Å². The molecule has 0 amide bonds. The first-order valence-electron chi connectivity index (χ1n) is 11.6. The molecule has 0 heterocycles. The predicted molar refractivity (Wildman–Crippen MR) is 154 cm³/mol. The number of hydrogen-bond acceptors (Lipinski definition) is 7. The molecule has 3 rings (SSSR count). The lowest BCUT2D eigenvalue weighted by Gasteiger charge is -2.16. The quantitative estimate of drug-likeness (QED) is 0.182. The molecule has 0 bridgehead atoms. The van der Waals surface area contributed by atoms with Crippen molar-refractivity contribution in [2.45, 2.75) is 12.5 Å². The van der Waals surface area contributed by atoms with Crippen LogP contribution in [-0.4, -0.2) is 57.3 Å². The van der Waals surface area contributed by atoms with Crippen LogP contribution in [0.25, 0.3) is 0 Å². The fourth-order valence-electron chi connectivity index (χ4n) is 3.47. The van der Waals surface area contributed by atoms with E-state index in [9.17, 15) is 5.11 Å². The maximum Gasteiger partial charge on any atom is 0.203 e. The lowest BCUT2D eigenvalue weighted by atomic mass is 10.1. The van der Waals surface area contributed by atoms with Gasteiger partial charge < -0.3 is 40.0 Å². The Hall–Kier alpha value is -3.24. The van der Waals surface area contributed by atoms with Crippen molar-refractivity contribution >= 4 is 41.1 Å². The van der Waals surface area contributed by atoms with Crippen LogP contribution in [0, 0.1) is 0 Å². The third kappa shape index (κ3) is 9.62. The third-order valence-corrected chi connectivity index (χ3v) is 5.49. The molecular formula is C27H34ClN3O5S. The Morgan fingerprint density at radius 2 is 1.49 bits per heavy atom. The molecule has 0 radical (unpaired) electrons. The summed E-state index contributed by atoms with van der Waals surface area (Å²) in [6.45, 7) is 1.46. The molecule has 200 valence electrons. The van der Waals surface area contributed by atoms with Crippen LogP contribution in [0.2, 0.25) is 0 Å². The van der Waals surface area contributed by atoms with E-state index in [0.717, 1.165) is 24.4 Å². The SMILES string of the molecule is COc1cc(NC(=S)Nc2ccc(CCNC[C@H](O)COc3ccccc3)cc2)cc(OC)c1OC.Cl. The number of para-hydroxylation sites is 1. The van der Waals surface area contributed by atoms with Crippen LogP contribution in [0.1, 0.15) is 5.56 Å². The number of ether oxygens (including phenoxy) is 4. The summed E-state index contributed by atoms with van der Waals surface area (Å²) in [6.07, 6.45) is 0.261. The summed E-state index contributed by atoms with van der Waals surface area (Å²) in [5, 5.41) is 20.1. The number of aliphatic hydroxyl groups excluding tert-OH is 1. The first-order chi connectivity index (χ1) is 17.5. The average molecular weight is 548 g/mol. The molecular weight excluding hydrogens is 514 g/mol. The Kier molecular flexibility index (Phi) is 12.8. The van der Waals surface area contributed by atoms with Crippen LogP contribution >= 0.6 is 24.6 Å². The van der Waals surface area contributed by atoms with Crippen LogP contribution in [-0.2, 0) is 6.42 Å². The number of rotatable bonds is 13. The van der Waals surface area contributed by atoms with Crippen molar-refractivity contribution in [1.29, 1.82) is 0 Å². The van der Waals surface area contributed by atoms with Gasteiger partial charge in [0.15, 0.2) is 16.6 Å². The molecule has 0 unspecified atom stereocenters. The van der Waals surface area contributed by atoms with Gasteiger partial charge in [0.05, 0.1) is 21.3 Å². The zero-order chi connectivity index (χ0) is 25.8. The first-order valence-corrected chi connectivity index (χ1v) is 12.0. The van der Waals surface area contributed by atoms with Gasteiger partial charge in [0.2, 0.25) is 5.75 Å². The number of nitrogens with one attached hydrogen (secondary N) is 3. The molecule has 0 aliphatic carbocycles.